The van der Waals surface area contributed by atoms with Gasteiger partial charge in [-0.05, 0) is 36.3 Å². The van der Waals surface area contributed by atoms with E-state index in [1.165, 1.54) is 10.4 Å². The van der Waals surface area contributed by atoms with E-state index in [2.05, 4.69) is 26.8 Å². The summed E-state index contributed by atoms with van der Waals surface area (Å²) < 4.78 is 7.78. The smallest absolute Gasteiger partial charge is 0.223 e. The van der Waals surface area contributed by atoms with Crippen LogP contribution in [0.5, 0.6) is 0 Å². The summed E-state index contributed by atoms with van der Waals surface area (Å²) in [7, 11) is 0. The molecule has 0 aromatic carbocycles. The molecule has 0 saturated heterocycles. The number of nitrogens with zero attached hydrogens (tertiary/aromatic N) is 3. The summed E-state index contributed by atoms with van der Waals surface area (Å²) in [5.74, 6) is 1.78. The van der Waals surface area contributed by atoms with Gasteiger partial charge in [0.2, 0.25) is 5.91 Å². The van der Waals surface area contributed by atoms with Crippen molar-refractivity contribution in [2.45, 2.75) is 57.7 Å². The van der Waals surface area contributed by atoms with Crippen LogP contribution in [0.25, 0.3) is 0 Å². The Morgan fingerprint density at radius 1 is 1.54 bits per heavy atom. The zero-order valence-corrected chi connectivity index (χ0v) is 14.6. The fraction of sp³-hybridized carbons (Fsp3) is 0.588. The first-order chi connectivity index (χ1) is 11.7. The van der Waals surface area contributed by atoms with E-state index >= 15 is 0 Å². The highest BCUT2D eigenvalue weighted by molar-refractivity contribution is 7.10. The van der Waals surface area contributed by atoms with Crippen LogP contribution in [0.1, 0.15) is 60.4 Å². The monoisotopic (exact) mass is 346 g/mol. The lowest BCUT2D eigenvalue weighted by atomic mass is 10.0. The van der Waals surface area contributed by atoms with Crippen molar-refractivity contribution < 1.29 is 9.53 Å². The Morgan fingerprint density at radius 3 is 3.33 bits per heavy atom. The van der Waals surface area contributed by atoms with Gasteiger partial charge in [-0.2, -0.15) is 5.10 Å². The summed E-state index contributed by atoms with van der Waals surface area (Å²) in [6.45, 7) is 3.63. The van der Waals surface area contributed by atoms with E-state index in [0.29, 0.717) is 13.0 Å². The van der Waals surface area contributed by atoms with Crippen LogP contribution in [0.4, 0.5) is 0 Å². The number of nitrogens with one attached hydrogen (secondary N) is 1. The lowest BCUT2D eigenvalue weighted by Crippen LogP contribution is -2.34. The first-order valence-electron chi connectivity index (χ1n) is 8.65. The molecule has 0 radical (unpaired) electrons. The van der Waals surface area contributed by atoms with Crippen LogP contribution in [-0.4, -0.2) is 27.3 Å². The molecule has 2 unspecified atom stereocenters. The van der Waals surface area contributed by atoms with Gasteiger partial charge in [0.1, 0.15) is 11.9 Å². The third kappa shape index (κ3) is 2.98. The summed E-state index contributed by atoms with van der Waals surface area (Å²) in [6, 6.07) is 2.11. The molecule has 0 fully saturated rings. The van der Waals surface area contributed by atoms with E-state index in [0.717, 1.165) is 43.9 Å². The predicted octanol–water partition coefficient (Wildman–Crippen LogP) is 2.56. The average Bonchev–Trinajstić information content (AvgIpc) is 3.22. The zero-order chi connectivity index (χ0) is 16.5. The zero-order valence-electron chi connectivity index (χ0n) is 13.8. The summed E-state index contributed by atoms with van der Waals surface area (Å²) in [4.78, 5) is 18.3. The summed E-state index contributed by atoms with van der Waals surface area (Å²) in [5, 5.41) is 9.73. The third-order valence-corrected chi connectivity index (χ3v) is 5.76. The number of hydrogen-bond donors (Lipinski definition) is 1. The highest BCUT2D eigenvalue weighted by Gasteiger charge is 2.28. The molecular weight excluding hydrogens is 324 g/mol. The second-order valence-electron chi connectivity index (χ2n) is 6.35. The fourth-order valence-corrected chi connectivity index (χ4v) is 4.49. The van der Waals surface area contributed by atoms with Crippen LogP contribution in [0.2, 0.25) is 0 Å². The molecule has 0 spiro atoms. The van der Waals surface area contributed by atoms with Crippen LogP contribution >= 0.6 is 11.3 Å². The second-order valence-corrected chi connectivity index (χ2v) is 7.30. The molecular formula is C17H22N4O2S. The number of rotatable bonds is 4. The van der Waals surface area contributed by atoms with Gasteiger partial charge in [-0.25, -0.2) is 9.67 Å². The molecule has 2 aromatic heterocycles. The minimum Gasteiger partial charge on any atom is -0.372 e. The minimum absolute atomic E-state index is 0.0285. The van der Waals surface area contributed by atoms with E-state index in [4.69, 9.17) is 4.74 Å². The molecule has 0 bridgehead atoms. The molecule has 4 rings (SSSR count). The number of aromatic nitrogens is 3. The van der Waals surface area contributed by atoms with Crippen LogP contribution in [0, 0.1) is 0 Å². The number of aryl methyl sites for hydroxylation is 2. The number of fused-ring (bicyclic) bond motifs is 2. The molecule has 0 aliphatic carbocycles. The van der Waals surface area contributed by atoms with Gasteiger partial charge >= 0.3 is 0 Å². The predicted molar refractivity (Wildman–Crippen MR) is 90.9 cm³/mol. The molecule has 0 saturated carbocycles. The number of carbonyl (C=O) groups excluding carboxylic acids is 1. The summed E-state index contributed by atoms with van der Waals surface area (Å²) >= 11 is 1.68. The molecule has 2 aliphatic heterocycles. The van der Waals surface area contributed by atoms with Crippen molar-refractivity contribution in [1.29, 1.82) is 0 Å². The van der Waals surface area contributed by atoms with Gasteiger partial charge in [0.15, 0.2) is 5.82 Å². The molecule has 2 aliphatic rings. The van der Waals surface area contributed by atoms with Gasteiger partial charge in [-0.3, -0.25) is 4.79 Å². The SMILES string of the molecule is CCc1nc2n(n1)CCCC2NC(=O)CC1OCCc2ccsc21. The topological polar surface area (TPSA) is 69.0 Å². The lowest BCUT2D eigenvalue weighted by molar-refractivity contribution is -0.125. The van der Waals surface area contributed by atoms with E-state index in [9.17, 15) is 4.79 Å². The van der Waals surface area contributed by atoms with E-state index < -0.39 is 0 Å². The Morgan fingerprint density at radius 2 is 2.46 bits per heavy atom. The lowest BCUT2D eigenvalue weighted by Gasteiger charge is -2.26. The van der Waals surface area contributed by atoms with E-state index in [-0.39, 0.29) is 18.1 Å². The van der Waals surface area contributed by atoms with Crippen LogP contribution in [-0.2, 0) is 28.9 Å². The van der Waals surface area contributed by atoms with Crippen molar-refractivity contribution in [3.05, 3.63) is 33.5 Å². The van der Waals surface area contributed by atoms with Gasteiger partial charge in [0.25, 0.3) is 0 Å². The number of thiophene rings is 1. The Kier molecular flexibility index (Phi) is 4.37. The van der Waals surface area contributed by atoms with Gasteiger partial charge in [-0.15, -0.1) is 11.3 Å². The quantitative estimate of drug-likeness (QED) is 0.924. The van der Waals surface area contributed by atoms with Crippen molar-refractivity contribution in [3.8, 4) is 0 Å². The number of hydrogen-bond acceptors (Lipinski definition) is 5. The largest absolute Gasteiger partial charge is 0.372 e. The van der Waals surface area contributed by atoms with Crippen LogP contribution in [0.3, 0.4) is 0 Å². The first kappa shape index (κ1) is 15.8. The molecule has 6 nitrogen and oxygen atoms in total. The van der Waals surface area contributed by atoms with Crippen LogP contribution < -0.4 is 5.32 Å². The Labute approximate surface area is 145 Å². The maximum absolute atomic E-state index is 12.6. The standard InChI is InChI=1S/C17H22N4O2S/c1-2-14-19-17-12(4-3-7-21(17)20-14)18-15(22)10-13-16-11(5-8-23-13)6-9-24-16/h6,9,12-13H,2-5,7-8,10H2,1H3,(H,18,22). The molecule has 128 valence electrons. The Bertz CT molecular complexity index is 739. The molecule has 1 N–H and O–H groups in total. The van der Waals surface area contributed by atoms with Gasteiger partial charge < -0.3 is 10.1 Å². The minimum atomic E-state index is -0.110. The first-order valence-corrected chi connectivity index (χ1v) is 9.53. The molecule has 2 aromatic rings. The fourth-order valence-electron chi connectivity index (χ4n) is 3.48. The molecule has 4 heterocycles. The van der Waals surface area contributed by atoms with Gasteiger partial charge in [0.05, 0.1) is 19.1 Å². The average molecular weight is 346 g/mol. The molecule has 24 heavy (non-hydrogen) atoms. The summed E-state index contributed by atoms with van der Waals surface area (Å²) in [6.07, 6.45) is 3.96. The normalized spacial score (nSPS) is 22.7. The Hall–Kier alpha value is -1.73. The van der Waals surface area contributed by atoms with Crippen molar-refractivity contribution in [3.63, 3.8) is 0 Å². The molecule has 2 atom stereocenters. The Balaban J connectivity index is 1.44. The second kappa shape index (κ2) is 6.64. The maximum Gasteiger partial charge on any atom is 0.223 e. The summed E-state index contributed by atoms with van der Waals surface area (Å²) in [5.41, 5.74) is 1.33. The van der Waals surface area contributed by atoms with E-state index in [1.54, 1.807) is 11.3 Å². The highest BCUT2D eigenvalue weighted by atomic mass is 32.1. The van der Waals surface area contributed by atoms with Crippen molar-refractivity contribution >= 4 is 17.2 Å². The highest BCUT2D eigenvalue weighted by Crippen LogP contribution is 2.34. The van der Waals surface area contributed by atoms with Crippen molar-refractivity contribution in [2.75, 3.05) is 6.61 Å². The van der Waals surface area contributed by atoms with E-state index in [1.807, 2.05) is 11.6 Å². The third-order valence-electron chi connectivity index (χ3n) is 4.70. The van der Waals surface area contributed by atoms with Crippen molar-refractivity contribution in [1.82, 2.24) is 20.1 Å². The number of amides is 1. The molecule has 1 amide bonds. The maximum atomic E-state index is 12.6. The van der Waals surface area contributed by atoms with Crippen molar-refractivity contribution in [2.24, 2.45) is 0 Å². The van der Waals surface area contributed by atoms with Gasteiger partial charge in [-0.1, -0.05) is 6.92 Å². The van der Waals surface area contributed by atoms with Gasteiger partial charge in [0, 0.05) is 17.8 Å². The van der Waals surface area contributed by atoms with Crippen LogP contribution in [0.15, 0.2) is 11.4 Å². The number of ether oxygens (including phenoxy) is 1. The number of carbonyl (C=O) groups is 1. The molecule has 7 heteroatoms.